The molecule has 0 radical (unpaired) electrons. The fraction of sp³-hybridized carbons (Fsp3) is 0.429. The summed E-state index contributed by atoms with van der Waals surface area (Å²) in [6.07, 6.45) is -0.157. The van der Waals surface area contributed by atoms with Gasteiger partial charge in [-0.1, -0.05) is 18.2 Å². The Labute approximate surface area is 111 Å². The van der Waals surface area contributed by atoms with Gasteiger partial charge in [0, 0.05) is 13.5 Å². The number of benzene rings is 1. The minimum Gasteiger partial charge on any atom is -0.480 e. The zero-order chi connectivity index (χ0) is 14.2. The quantitative estimate of drug-likeness (QED) is 0.893. The third-order valence-corrected chi connectivity index (χ3v) is 3.62. The van der Waals surface area contributed by atoms with E-state index < -0.39 is 17.6 Å². The Morgan fingerprint density at radius 3 is 2.58 bits per heavy atom. The fourth-order valence-corrected chi connectivity index (χ4v) is 1.95. The summed E-state index contributed by atoms with van der Waals surface area (Å²) < 4.78 is 5.58. The van der Waals surface area contributed by atoms with Crippen molar-refractivity contribution in [2.75, 3.05) is 7.05 Å². The van der Waals surface area contributed by atoms with Crippen molar-refractivity contribution in [3.8, 4) is 5.75 Å². The summed E-state index contributed by atoms with van der Waals surface area (Å²) >= 11 is 0. The molecule has 1 unspecified atom stereocenters. The van der Waals surface area contributed by atoms with Crippen LogP contribution < -0.4 is 4.74 Å². The maximum Gasteiger partial charge on any atom is 0.329 e. The third-order valence-electron chi connectivity index (χ3n) is 3.62. The predicted octanol–water partition coefficient (Wildman–Crippen LogP) is 1.31. The van der Waals surface area contributed by atoms with Crippen LogP contribution in [0.3, 0.4) is 0 Å². The second-order valence-electron chi connectivity index (χ2n) is 5.18. The van der Waals surface area contributed by atoms with Gasteiger partial charge in [0.2, 0.25) is 0 Å². The van der Waals surface area contributed by atoms with Crippen molar-refractivity contribution in [3.63, 3.8) is 0 Å². The summed E-state index contributed by atoms with van der Waals surface area (Å²) in [7, 11) is 1.49. The van der Waals surface area contributed by atoms with E-state index in [9.17, 15) is 9.59 Å². The average molecular weight is 263 g/mol. The van der Waals surface area contributed by atoms with Crippen LogP contribution in [0.1, 0.15) is 19.4 Å². The number of carbonyl (C=O) groups excluding carboxylic acids is 1. The summed E-state index contributed by atoms with van der Waals surface area (Å²) in [4.78, 5) is 24.7. The monoisotopic (exact) mass is 263 g/mol. The zero-order valence-corrected chi connectivity index (χ0v) is 11.2. The average Bonchev–Trinajstić information content (AvgIpc) is 2.80. The van der Waals surface area contributed by atoms with Gasteiger partial charge in [0.25, 0.3) is 5.91 Å². The first-order valence-electron chi connectivity index (χ1n) is 6.09. The number of carboxylic acids is 1. The van der Waals surface area contributed by atoms with E-state index in [1.54, 1.807) is 0 Å². The highest BCUT2D eigenvalue weighted by molar-refractivity contribution is 5.89. The molecule has 1 aliphatic rings. The Balaban J connectivity index is 2.13. The number of rotatable bonds is 3. The van der Waals surface area contributed by atoms with Crippen LogP contribution in [0.5, 0.6) is 5.75 Å². The van der Waals surface area contributed by atoms with Crippen LogP contribution in [-0.4, -0.2) is 40.6 Å². The van der Waals surface area contributed by atoms with Gasteiger partial charge < -0.3 is 14.7 Å². The van der Waals surface area contributed by atoms with Gasteiger partial charge in [0.15, 0.2) is 6.10 Å². The van der Waals surface area contributed by atoms with Gasteiger partial charge >= 0.3 is 5.97 Å². The molecule has 0 saturated carbocycles. The first kappa shape index (κ1) is 13.4. The van der Waals surface area contributed by atoms with Crippen LogP contribution in [0.15, 0.2) is 24.3 Å². The maximum absolute atomic E-state index is 12.3. The first-order valence-corrected chi connectivity index (χ1v) is 6.09. The molecule has 1 aromatic rings. The topological polar surface area (TPSA) is 66.8 Å². The van der Waals surface area contributed by atoms with E-state index in [1.165, 1.54) is 25.8 Å². The molecule has 5 nitrogen and oxygen atoms in total. The molecule has 19 heavy (non-hydrogen) atoms. The normalized spacial score (nSPS) is 17.5. The van der Waals surface area contributed by atoms with Crippen molar-refractivity contribution in [3.05, 3.63) is 29.8 Å². The fourth-order valence-electron chi connectivity index (χ4n) is 1.95. The van der Waals surface area contributed by atoms with Crippen molar-refractivity contribution < 1.29 is 19.4 Å². The summed E-state index contributed by atoms with van der Waals surface area (Å²) in [5.41, 5.74) is -0.280. The predicted molar refractivity (Wildman–Crippen MR) is 69.0 cm³/mol. The highest BCUT2D eigenvalue weighted by Crippen LogP contribution is 2.29. The minimum absolute atomic E-state index is 0.316. The minimum atomic E-state index is -1.25. The van der Waals surface area contributed by atoms with Gasteiger partial charge in [-0.25, -0.2) is 4.79 Å². The lowest BCUT2D eigenvalue weighted by Crippen LogP contribution is -2.54. The molecule has 1 aliphatic heterocycles. The number of aliphatic carboxylic acids is 1. The Morgan fingerprint density at radius 2 is 2.00 bits per heavy atom. The van der Waals surface area contributed by atoms with Gasteiger partial charge in [-0.2, -0.15) is 0 Å². The number of nitrogens with zero attached hydrogens (tertiary/aromatic N) is 1. The molecule has 0 fully saturated rings. The Bertz CT molecular complexity index is 499. The molecule has 1 amide bonds. The Kier molecular flexibility index (Phi) is 3.22. The van der Waals surface area contributed by atoms with E-state index >= 15 is 0 Å². The van der Waals surface area contributed by atoms with Crippen molar-refractivity contribution >= 4 is 11.9 Å². The second-order valence-corrected chi connectivity index (χ2v) is 5.18. The van der Waals surface area contributed by atoms with Crippen LogP contribution in [0, 0.1) is 0 Å². The van der Waals surface area contributed by atoms with Crippen molar-refractivity contribution in [2.45, 2.75) is 31.9 Å². The molecule has 1 heterocycles. The van der Waals surface area contributed by atoms with E-state index in [1.807, 2.05) is 24.3 Å². The summed E-state index contributed by atoms with van der Waals surface area (Å²) in [5.74, 6) is -0.662. The van der Waals surface area contributed by atoms with E-state index in [0.29, 0.717) is 12.2 Å². The number of carbonyl (C=O) groups is 2. The first-order chi connectivity index (χ1) is 8.84. The molecule has 102 valence electrons. The molecule has 0 spiro atoms. The van der Waals surface area contributed by atoms with Crippen LogP contribution in [-0.2, 0) is 16.0 Å². The lowest BCUT2D eigenvalue weighted by molar-refractivity contribution is -0.157. The Morgan fingerprint density at radius 1 is 1.37 bits per heavy atom. The number of para-hydroxylation sites is 1. The van der Waals surface area contributed by atoms with Gasteiger partial charge in [-0.3, -0.25) is 4.79 Å². The number of fused-ring (bicyclic) bond motifs is 1. The molecule has 1 aromatic carbocycles. The molecule has 5 heteroatoms. The number of hydrogen-bond donors (Lipinski definition) is 1. The van der Waals surface area contributed by atoms with Gasteiger partial charge in [0.05, 0.1) is 0 Å². The standard InChI is InChI=1S/C14H17NO4/c1-14(2,13(17)18)15(3)12(16)11-8-9-6-4-5-7-10(9)19-11/h4-7,11H,8H2,1-3H3,(H,17,18). The number of amides is 1. The molecule has 2 rings (SSSR count). The zero-order valence-electron chi connectivity index (χ0n) is 11.2. The molecule has 0 aromatic heterocycles. The van der Waals surface area contributed by atoms with E-state index in [-0.39, 0.29) is 5.91 Å². The Hall–Kier alpha value is -2.04. The molecule has 0 bridgehead atoms. The number of carboxylic acid groups (broad SMARTS) is 1. The lowest BCUT2D eigenvalue weighted by atomic mass is 10.0. The van der Waals surface area contributed by atoms with Crippen LogP contribution in [0.25, 0.3) is 0 Å². The highest BCUT2D eigenvalue weighted by Gasteiger charge is 2.40. The SMILES string of the molecule is CN(C(=O)C1Cc2ccccc2O1)C(C)(C)C(=O)O. The molecule has 1 N–H and O–H groups in total. The van der Waals surface area contributed by atoms with Gasteiger partial charge in [-0.15, -0.1) is 0 Å². The smallest absolute Gasteiger partial charge is 0.329 e. The summed E-state index contributed by atoms with van der Waals surface area (Å²) in [6.45, 7) is 2.99. The number of hydrogen-bond acceptors (Lipinski definition) is 3. The summed E-state index contributed by atoms with van der Waals surface area (Å²) in [5, 5.41) is 9.14. The van der Waals surface area contributed by atoms with Crippen molar-refractivity contribution in [2.24, 2.45) is 0 Å². The maximum atomic E-state index is 12.3. The number of likely N-dealkylation sites (N-methyl/N-ethyl adjacent to an activating group) is 1. The highest BCUT2D eigenvalue weighted by atomic mass is 16.5. The molecular weight excluding hydrogens is 246 g/mol. The molecular formula is C14H17NO4. The number of ether oxygens (including phenoxy) is 1. The molecule has 0 aliphatic carbocycles. The van der Waals surface area contributed by atoms with Crippen LogP contribution >= 0.6 is 0 Å². The largest absolute Gasteiger partial charge is 0.480 e. The van der Waals surface area contributed by atoms with E-state index in [4.69, 9.17) is 9.84 Å². The second kappa shape index (κ2) is 4.57. The van der Waals surface area contributed by atoms with Crippen molar-refractivity contribution in [1.82, 2.24) is 4.90 Å². The molecule has 1 atom stereocenters. The van der Waals surface area contributed by atoms with Crippen LogP contribution in [0.4, 0.5) is 0 Å². The third kappa shape index (κ3) is 2.28. The molecule has 0 saturated heterocycles. The van der Waals surface area contributed by atoms with Crippen LogP contribution in [0.2, 0.25) is 0 Å². The lowest BCUT2D eigenvalue weighted by Gasteiger charge is -2.33. The summed E-state index contributed by atoms with van der Waals surface area (Å²) in [6, 6.07) is 7.45. The van der Waals surface area contributed by atoms with E-state index in [0.717, 1.165) is 5.56 Å². The van der Waals surface area contributed by atoms with E-state index in [2.05, 4.69) is 0 Å². The van der Waals surface area contributed by atoms with Gasteiger partial charge in [0.1, 0.15) is 11.3 Å². The van der Waals surface area contributed by atoms with Crippen molar-refractivity contribution in [1.29, 1.82) is 0 Å². The van der Waals surface area contributed by atoms with Gasteiger partial charge in [-0.05, 0) is 25.5 Å².